The van der Waals surface area contributed by atoms with E-state index in [1.807, 2.05) is 6.07 Å². The molecule has 3 heteroatoms. The molecule has 108 valence electrons. The Morgan fingerprint density at radius 3 is 2.79 bits per heavy atom. The van der Waals surface area contributed by atoms with Gasteiger partial charge in [-0.15, -0.1) is 0 Å². The van der Waals surface area contributed by atoms with Crippen LogP contribution in [0.3, 0.4) is 0 Å². The first-order valence-electron chi connectivity index (χ1n) is 7.86. The number of rotatable bonds is 11. The van der Waals surface area contributed by atoms with E-state index < -0.39 is 0 Å². The van der Waals surface area contributed by atoms with Gasteiger partial charge in [0.25, 0.3) is 0 Å². The van der Waals surface area contributed by atoms with Gasteiger partial charge in [-0.05, 0) is 57.5 Å². The summed E-state index contributed by atoms with van der Waals surface area (Å²) >= 11 is 0. The molecular formula is C16H28N2O. The van der Waals surface area contributed by atoms with E-state index in [1.54, 1.807) is 6.26 Å². The first-order chi connectivity index (χ1) is 9.38. The Bertz CT molecular complexity index is 319. The van der Waals surface area contributed by atoms with Crippen LogP contribution in [0.1, 0.15) is 51.2 Å². The van der Waals surface area contributed by atoms with Crippen molar-refractivity contribution in [3.8, 4) is 0 Å². The van der Waals surface area contributed by atoms with Crippen molar-refractivity contribution in [2.45, 2.75) is 58.0 Å². The number of hydrogen-bond acceptors (Lipinski definition) is 3. The van der Waals surface area contributed by atoms with Crippen LogP contribution in [0.15, 0.2) is 22.8 Å². The molecule has 1 N–H and O–H groups in total. The fourth-order valence-electron chi connectivity index (χ4n) is 2.38. The van der Waals surface area contributed by atoms with Gasteiger partial charge in [0.2, 0.25) is 0 Å². The van der Waals surface area contributed by atoms with Crippen LogP contribution < -0.4 is 5.32 Å². The van der Waals surface area contributed by atoms with Crippen LogP contribution in [0.4, 0.5) is 0 Å². The molecule has 2 rings (SSSR count). The van der Waals surface area contributed by atoms with Crippen molar-refractivity contribution >= 4 is 0 Å². The zero-order valence-corrected chi connectivity index (χ0v) is 12.2. The van der Waals surface area contributed by atoms with E-state index in [9.17, 15) is 0 Å². The number of hydrogen-bond donors (Lipinski definition) is 1. The minimum absolute atomic E-state index is 0.865. The third kappa shape index (κ3) is 6.26. The van der Waals surface area contributed by atoms with E-state index in [1.165, 1.54) is 51.6 Å². The van der Waals surface area contributed by atoms with Crippen molar-refractivity contribution in [2.75, 3.05) is 19.6 Å². The highest BCUT2D eigenvalue weighted by Gasteiger charge is 2.19. The minimum Gasteiger partial charge on any atom is -0.468 e. The topological polar surface area (TPSA) is 28.4 Å². The van der Waals surface area contributed by atoms with Gasteiger partial charge in [-0.1, -0.05) is 19.8 Å². The van der Waals surface area contributed by atoms with Crippen molar-refractivity contribution in [2.24, 2.45) is 0 Å². The second kappa shape index (κ2) is 8.39. The molecule has 1 aromatic heterocycles. The van der Waals surface area contributed by atoms with Crippen LogP contribution in [-0.2, 0) is 6.54 Å². The maximum absolute atomic E-state index is 5.40. The molecule has 1 aliphatic rings. The monoisotopic (exact) mass is 264 g/mol. The lowest BCUT2D eigenvalue weighted by atomic mass is 10.2. The van der Waals surface area contributed by atoms with Crippen molar-refractivity contribution in [1.82, 2.24) is 10.2 Å². The first-order valence-corrected chi connectivity index (χ1v) is 7.86. The quantitative estimate of drug-likeness (QED) is 0.621. The summed E-state index contributed by atoms with van der Waals surface area (Å²) in [6, 6.07) is 4.89. The summed E-state index contributed by atoms with van der Waals surface area (Å²) in [5.74, 6) is 1.08. The number of unbranched alkanes of at least 4 members (excludes halogenated alkanes) is 3. The molecule has 19 heavy (non-hydrogen) atoms. The van der Waals surface area contributed by atoms with Crippen molar-refractivity contribution in [1.29, 1.82) is 0 Å². The zero-order chi connectivity index (χ0) is 13.3. The summed E-state index contributed by atoms with van der Waals surface area (Å²) in [6.07, 6.45) is 9.91. The Kier molecular flexibility index (Phi) is 6.45. The largest absolute Gasteiger partial charge is 0.468 e. The SMILES string of the molecule is CCN(CCCCCCNC1CC1)Cc1ccco1. The second-order valence-electron chi connectivity index (χ2n) is 5.59. The van der Waals surface area contributed by atoms with Crippen LogP contribution in [0.2, 0.25) is 0 Å². The van der Waals surface area contributed by atoms with Gasteiger partial charge in [0, 0.05) is 6.04 Å². The van der Waals surface area contributed by atoms with Gasteiger partial charge in [0.15, 0.2) is 0 Å². The highest BCUT2D eigenvalue weighted by atomic mass is 16.3. The van der Waals surface area contributed by atoms with Gasteiger partial charge >= 0.3 is 0 Å². The standard InChI is InChI=1S/C16H28N2O/c1-2-18(14-16-8-7-13-19-16)12-6-4-3-5-11-17-15-9-10-15/h7-8,13,15,17H,2-6,9-12,14H2,1H3. The van der Waals surface area contributed by atoms with Gasteiger partial charge in [-0.2, -0.15) is 0 Å². The van der Waals surface area contributed by atoms with Crippen molar-refractivity contribution in [3.05, 3.63) is 24.2 Å². The highest BCUT2D eigenvalue weighted by Crippen LogP contribution is 2.18. The van der Waals surface area contributed by atoms with Crippen molar-refractivity contribution < 1.29 is 4.42 Å². The molecule has 0 radical (unpaired) electrons. The summed E-state index contributed by atoms with van der Waals surface area (Å²) in [5, 5.41) is 3.57. The molecule has 0 atom stereocenters. The van der Waals surface area contributed by atoms with Crippen molar-refractivity contribution in [3.63, 3.8) is 0 Å². The summed E-state index contributed by atoms with van der Waals surface area (Å²) in [6.45, 7) is 6.68. The van der Waals surface area contributed by atoms with Crippen LogP contribution in [0, 0.1) is 0 Å². The lowest BCUT2D eigenvalue weighted by Gasteiger charge is -2.18. The summed E-state index contributed by atoms with van der Waals surface area (Å²) in [5.41, 5.74) is 0. The van der Waals surface area contributed by atoms with E-state index in [-0.39, 0.29) is 0 Å². The van der Waals surface area contributed by atoms with Crippen LogP contribution >= 0.6 is 0 Å². The van der Waals surface area contributed by atoms with Gasteiger partial charge in [-0.3, -0.25) is 4.90 Å². The van der Waals surface area contributed by atoms with E-state index in [0.717, 1.165) is 24.9 Å². The Hall–Kier alpha value is -0.800. The molecule has 0 spiro atoms. The molecule has 3 nitrogen and oxygen atoms in total. The van der Waals surface area contributed by atoms with Gasteiger partial charge in [0.1, 0.15) is 5.76 Å². The smallest absolute Gasteiger partial charge is 0.117 e. The number of nitrogens with zero attached hydrogens (tertiary/aromatic N) is 1. The molecule has 1 aliphatic carbocycles. The van der Waals surface area contributed by atoms with E-state index in [0.29, 0.717) is 0 Å². The number of furan rings is 1. The number of nitrogens with one attached hydrogen (secondary N) is 1. The Labute approximate surface area is 117 Å². The maximum atomic E-state index is 5.40. The lowest BCUT2D eigenvalue weighted by molar-refractivity contribution is 0.250. The Balaban J connectivity index is 1.45. The van der Waals surface area contributed by atoms with Crippen LogP contribution in [0.5, 0.6) is 0 Å². The van der Waals surface area contributed by atoms with Gasteiger partial charge < -0.3 is 9.73 Å². The van der Waals surface area contributed by atoms with E-state index >= 15 is 0 Å². The Morgan fingerprint density at radius 1 is 1.26 bits per heavy atom. The average Bonchev–Trinajstić information content (AvgIpc) is 3.11. The average molecular weight is 264 g/mol. The fraction of sp³-hybridized carbons (Fsp3) is 0.750. The third-order valence-electron chi connectivity index (χ3n) is 3.82. The van der Waals surface area contributed by atoms with E-state index in [4.69, 9.17) is 4.42 Å². The molecule has 0 amide bonds. The van der Waals surface area contributed by atoms with Crippen LogP contribution in [0.25, 0.3) is 0 Å². The summed E-state index contributed by atoms with van der Waals surface area (Å²) in [7, 11) is 0. The molecular weight excluding hydrogens is 236 g/mol. The molecule has 1 heterocycles. The maximum Gasteiger partial charge on any atom is 0.117 e. The van der Waals surface area contributed by atoms with E-state index in [2.05, 4.69) is 23.2 Å². The fourth-order valence-corrected chi connectivity index (χ4v) is 2.38. The molecule has 1 saturated carbocycles. The Morgan fingerprint density at radius 2 is 2.11 bits per heavy atom. The molecule has 1 fully saturated rings. The summed E-state index contributed by atoms with van der Waals surface area (Å²) < 4.78 is 5.40. The third-order valence-corrected chi connectivity index (χ3v) is 3.82. The van der Waals surface area contributed by atoms with Gasteiger partial charge in [-0.25, -0.2) is 0 Å². The zero-order valence-electron chi connectivity index (χ0n) is 12.2. The van der Waals surface area contributed by atoms with Crippen LogP contribution in [-0.4, -0.2) is 30.6 Å². The molecule has 0 saturated heterocycles. The second-order valence-corrected chi connectivity index (χ2v) is 5.59. The predicted molar refractivity (Wildman–Crippen MR) is 79.2 cm³/mol. The minimum atomic E-state index is 0.865. The molecule has 0 aromatic carbocycles. The highest BCUT2D eigenvalue weighted by molar-refractivity contribution is 4.97. The predicted octanol–water partition coefficient (Wildman–Crippen LogP) is 3.41. The first kappa shape index (κ1) is 14.6. The molecule has 0 bridgehead atoms. The lowest BCUT2D eigenvalue weighted by Crippen LogP contribution is -2.23. The normalized spacial score (nSPS) is 15.3. The molecule has 0 aliphatic heterocycles. The molecule has 0 unspecified atom stereocenters. The van der Waals surface area contributed by atoms with Gasteiger partial charge in [0.05, 0.1) is 12.8 Å². The summed E-state index contributed by atoms with van der Waals surface area (Å²) in [4.78, 5) is 2.46. The molecule has 1 aromatic rings.